The Morgan fingerprint density at radius 1 is 1.05 bits per heavy atom. The van der Waals surface area contributed by atoms with Crippen molar-refractivity contribution >= 4 is 5.69 Å². The van der Waals surface area contributed by atoms with Gasteiger partial charge in [0.25, 0.3) is 0 Å². The lowest BCUT2D eigenvalue weighted by atomic mass is 10.00. The Labute approximate surface area is 124 Å². The fourth-order valence-electron chi connectivity index (χ4n) is 3.02. The van der Waals surface area contributed by atoms with Crippen molar-refractivity contribution < 1.29 is 0 Å². The molecule has 0 saturated carbocycles. The Morgan fingerprint density at radius 2 is 1.90 bits per heavy atom. The quantitative estimate of drug-likeness (QED) is 0.725. The van der Waals surface area contributed by atoms with Gasteiger partial charge >= 0.3 is 0 Å². The Balaban J connectivity index is 2.00. The highest BCUT2D eigenvalue weighted by molar-refractivity contribution is 5.82. The molecular weight excluding hydrogens is 258 g/mol. The zero-order chi connectivity index (χ0) is 14.4. The third-order valence-corrected chi connectivity index (χ3v) is 4.07. The second-order valence-electron chi connectivity index (χ2n) is 5.56. The van der Waals surface area contributed by atoms with Crippen LogP contribution in [0.4, 0.5) is 5.69 Å². The minimum atomic E-state index is 0.837. The third kappa shape index (κ3) is 1.85. The van der Waals surface area contributed by atoms with Gasteiger partial charge in [-0.2, -0.15) is 5.10 Å². The first kappa shape index (κ1) is 12.2. The molecule has 0 bridgehead atoms. The molecule has 1 aliphatic rings. The summed E-state index contributed by atoms with van der Waals surface area (Å²) >= 11 is 0. The van der Waals surface area contributed by atoms with E-state index in [0.717, 1.165) is 17.9 Å². The van der Waals surface area contributed by atoms with Crippen molar-refractivity contribution in [3.8, 4) is 16.9 Å². The minimum absolute atomic E-state index is 0.837. The fourth-order valence-corrected chi connectivity index (χ4v) is 3.02. The number of hydrogen-bond acceptors (Lipinski definition) is 2. The summed E-state index contributed by atoms with van der Waals surface area (Å²) in [6, 6.07) is 16.9. The SMILES string of the molecule is Cc1cccc(-n2nc(C)c3c2-c2ccccc2NC3)c1. The van der Waals surface area contributed by atoms with Crippen LogP contribution in [0, 0.1) is 13.8 Å². The monoisotopic (exact) mass is 275 g/mol. The number of benzene rings is 2. The summed E-state index contributed by atoms with van der Waals surface area (Å²) in [5, 5.41) is 8.26. The van der Waals surface area contributed by atoms with E-state index in [2.05, 4.69) is 72.4 Å². The number of anilines is 1. The number of aromatic nitrogens is 2. The number of fused-ring (bicyclic) bond motifs is 3. The van der Waals surface area contributed by atoms with Gasteiger partial charge in [-0.1, -0.05) is 30.3 Å². The molecule has 0 unspecified atom stereocenters. The molecule has 0 atom stereocenters. The van der Waals surface area contributed by atoms with Crippen molar-refractivity contribution in [2.45, 2.75) is 20.4 Å². The number of nitrogens with one attached hydrogen (secondary N) is 1. The van der Waals surface area contributed by atoms with Gasteiger partial charge < -0.3 is 5.32 Å². The van der Waals surface area contributed by atoms with Crippen molar-refractivity contribution in [1.29, 1.82) is 0 Å². The van der Waals surface area contributed by atoms with E-state index in [9.17, 15) is 0 Å². The van der Waals surface area contributed by atoms with Gasteiger partial charge in [-0.05, 0) is 37.6 Å². The summed E-state index contributed by atoms with van der Waals surface area (Å²) in [5.41, 5.74) is 8.36. The van der Waals surface area contributed by atoms with Crippen LogP contribution in [0.2, 0.25) is 0 Å². The van der Waals surface area contributed by atoms with Crippen molar-refractivity contribution in [1.82, 2.24) is 9.78 Å². The Kier molecular flexibility index (Phi) is 2.61. The molecule has 1 aliphatic heterocycles. The Morgan fingerprint density at radius 3 is 2.76 bits per heavy atom. The number of aryl methyl sites for hydroxylation is 2. The van der Waals surface area contributed by atoms with Crippen LogP contribution in [0.5, 0.6) is 0 Å². The topological polar surface area (TPSA) is 29.9 Å². The van der Waals surface area contributed by atoms with Crippen molar-refractivity contribution in [2.24, 2.45) is 0 Å². The van der Waals surface area contributed by atoms with E-state index in [1.54, 1.807) is 0 Å². The predicted octanol–water partition coefficient (Wildman–Crippen LogP) is 4.08. The first-order valence-electron chi connectivity index (χ1n) is 7.23. The summed E-state index contributed by atoms with van der Waals surface area (Å²) in [6.07, 6.45) is 0. The van der Waals surface area contributed by atoms with Gasteiger partial charge in [-0.3, -0.25) is 0 Å². The molecule has 0 amide bonds. The molecule has 4 rings (SSSR count). The molecule has 3 heteroatoms. The molecule has 0 radical (unpaired) electrons. The highest BCUT2D eigenvalue weighted by Crippen LogP contribution is 2.37. The molecule has 0 spiro atoms. The third-order valence-electron chi connectivity index (χ3n) is 4.07. The first-order chi connectivity index (χ1) is 10.2. The number of nitrogens with zero attached hydrogens (tertiary/aromatic N) is 2. The molecule has 1 aromatic heterocycles. The van der Waals surface area contributed by atoms with Crippen LogP contribution in [0.3, 0.4) is 0 Å². The van der Waals surface area contributed by atoms with E-state index in [1.165, 1.54) is 28.1 Å². The molecule has 3 aromatic rings. The highest BCUT2D eigenvalue weighted by Gasteiger charge is 2.23. The van der Waals surface area contributed by atoms with E-state index >= 15 is 0 Å². The molecule has 2 aromatic carbocycles. The van der Waals surface area contributed by atoms with E-state index < -0.39 is 0 Å². The molecule has 0 fully saturated rings. The lowest BCUT2D eigenvalue weighted by Crippen LogP contribution is -2.10. The van der Waals surface area contributed by atoms with Crippen LogP contribution in [0.15, 0.2) is 48.5 Å². The molecule has 1 N–H and O–H groups in total. The van der Waals surface area contributed by atoms with E-state index in [4.69, 9.17) is 5.10 Å². The van der Waals surface area contributed by atoms with Crippen LogP contribution in [0.1, 0.15) is 16.8 Å². The standard InChI is InChI=1S/C18H17N3/c1-12-6-5-7-14(10-12)21-18-15-8-3-4-9-17(15)19-11-16(18)13(2)20-21/h3-10,19H,11H2,1-2H3. The second kappa shape index (κ2) is 4.48. The van der Waals surface area contributed by atoms with E-state index in [-0.39, 0.29) is 0 Å². The van der Waals surface area contributed by atoms with Crippen LogP contribution in [-0.4, -0.2) is 9.78 Å². The van der Waals surface area contributed by atoms with Gasteiger partial charge in [-0.25, -0.2) is 4.68 Å². The molecular formula is C18H17N3. The smallest absolute Gasteiger partial charge is 0.0814 e. The predicted molar refractivity (Wildman–Crippen MR) is 85.8 cm³/mol. The maximum atomic E-state index is 4.78. The van der Waals surface area contributed by atoms with Gasteiger partial charge in [0.15, 0.2) is 0 Å². The zero-order valence-electron chi connectivity index (χ0n) is 12.2. The number of para-hydroxylation sites is 1. The van der Waals surface area contributed by atoms with Gasteiger partial charge in [0, 0.05) is 23.4 Å². The fraction of sp³-hybridized carbons (Fsp3) is 0.167. The van der Waals surface area contributed by atoms with Crippen molar-refractivity contribution in [2.75, 3.05) is 5.32 Å². The van der Waals surface area contributed by atoms with Gasteiger partial charge in [0.1, 0.15) is 0 Å². The Hall–Kier alpha value is -2.55. The molecule has 0 aliphatic carbocycles. The molecule has 21 heavy (non-hydrogen) atoms. The summed E-state index contributed by atoms with van der Waals surface area (Å²) in [5.74, 6) is 0. The van der Waals surface area contributed by atoms with Crippen LogP contribution < -0.4 is 5.32 Å². The van der Waals surface area contributed by atoms with Crippen LogP contribution in [0.25, 0.3) is 16.9 Å². The zero-order valence-corrected chi connectivity index (χ0v) is 12.2. The summed E-state index contributed by atoms with van der Waals surface area (Å²) in [4.78, 5) is 0. The molecule has 104 valence electrons. The van der Waals surface area contributed by atoms with E-state index in [1.807, 2.05) is 0 Å². The van der Waals surface area contributed by atoms with Gasteiger partial charge in [-0.15, -0.1) is 0 Å². The second-order valence-corrected chi connectivity index (χ2v) is 5.56. The van der Waals surface area contributed by atoms with E-state index in [0.29, 0.717) is 0 Å². The normalized spacial score (nSPS) is 12.5. The average molecular weight is 275 g/mol. The largest absolute Gasteiger partial charge is 0.380 e. The first-order valence-corrected chi connectivity index (χ1v) is 7.23. The summed E-state index contributed by atoms with van der Waals surface area (Å²) in [7, 11) is 0. The average Bonchev–Trinajstić information content (AvgIpc) is 2.85. The lowest BCUT2D eigenvalue weighted by Gasteiger charge is -2.20. The number of hydrogen-bond donors (Lipinski definition) is 1. The minimum Gasteiger partial charge on any atom is -0.380 e. The summed E-state index contributed by atoms with van der Waals surface area (Å²) in [6.45, 7) is 5.03. The van der Waals surface area contributed by atoms with Crippen molar-refractivity contribution in [3.63, 3.8) is 0 Å². The maximum absolute atomic E-state index is 4.78. The van der Waals surface area contributed by atoms with Crippen molar-refractivity contribution in [3.05, 3.63) is 65.4 Å². The maximum Gasteiger partial charge on any atom is 0.0814 e. The molecule has 2 heterocycles. The van der Waals surface area contributed by atoms with Crippen LogP contribution >= 0.6 is 0 Å². The van der Waals surface area contributed by atoms with Crippen LogP contribution in [-0.2, 0) is 6.54 Å². The molecule has 3 nitrogen and oxygen atoms in total. The molecule has 0 saturated heterocycles. The van der Waals surface area contributed by atoms with Gasteiger partial charge in [0.2, 0.25) is 0 Å². The van der Waals surface area contributed by atoms with Gasteiger partial charge in [0.05, 0.1) is 17.1 Å². The summed E-state index contributed by atoms with van der Waals surface area (Å²) < 4.78 is 2.08. The lowest BCUT2D eigenvalue weighted by molar-refractivity contribution is 0.868. The highest BCUT2D eigenvalue weighted by atomic mass is 15.3. The number of rotatable bonds is 1. The Bertz CT molecular complexity index is 830.